The van der Waals surface area contributed by atoms with Gasteiger partial charge in [-0.15, -0.1) is 23.7 Å². The lowest BCUT2D eigenvalue weighted by atomic mass is 9.93. The second-order valence-corrected chi connectivity index (χ2v) is 7.61. The van der Waals surface area contributed by atoms with Crippen molar-refractivity contribution < 1.29 is 9.26 Å². The number of nitrogens with zero attached hydrogens (tertiary/aromatic N) is 4. The minimum atomic E-state index is 0. The van der Waals surface area contributed by atoms with E-state index in [-0.39, 0.29) is 30.5 Å². The summed E-state index contributed by atoms with van der Waals surface area (Å²) in [6, 6.07) is 0. The van der Waals surface area contributed by atoms with Crippen molar-refractivity contribution in [3.05, 3.63) is 27.8 Å². The summed E-state index contributed by atoms with van der Waals surface area (Å²) in [4.78, 5) is 11.3. The molecule has 7 nitrogen and oxygen atoms in total. The van der Waals surface area contributed by atoms with Crippen molar-refractivity contribution in [3.63, 3.8) is 0 Å². The molecule has 3 rings (SSSR count). The van der Waals surface area contributed by atoms with Gasteiger partial charge in [0.05, 0.1) is 25.4 Å². The molecule has 3 heterocycles. The van der Waals surface area contributed by atoms with Crippen LogP contribution in [0.25, 0.3) is 0 Å². The molecule has 1 atom stereocenters. The quantitative estimate of drug-likeness (QED) is 0.878. The number of hydrogen-bond donors (Lipinski definition) is 1. The number of ether oxygens (including phenoxy) is 1. The number of hydrogen-bond acceptors (Lipinski definition) is 8. The van der Waals surface area contributed by atoms with E-state index in [1.165, 1.54) is 0 Å². The maximum Gasteiger partial charge on any atom is 0.240 e. The number of halogens is 1. The molecule has 0 radical (unpaired) electrons. The van der Waals surface area contributed by atoms with E-state index in [1.54, 1.807) is 11.3 Å². The third-order valence-corrected chi connectivity index (χ3v) is 4.70. The Morgan fingerprint density at radius 1 is 1.38 bits per heavy atom. The fourth-order valence-electron chi connectivity index (χ4n) is 2.41. The largest absolute Gasteiger partial charge is 0.368 e. The summed E-state index contributed by atoms with van der Waals surface area (Å²) in [6.07, 6.45) is 0.00531. The lowest BCUT2D eigenvalue weighted by Crippen LogP contribution is -2.38. The van der Waals surface area contributed by atoms with Gasteiger partial charge in [-0.05, 0) is 0 Å². The van der Waals surface area contributed by atoms with Gasteiger partial charge in [0.15, 0.2) is 5.82 Å². The fourth-order valence-corrected chi connectivity index (χ4v) is 3.50. The third-order valence-electron chi connectivity index (χ3n) is 3.77. The molecule has 0 bridgehead atoms. The van der Waals surface area contributed by atoms with Crippen molar-refractivity contribution in [1.29, 1.82) is 0 Å². The molecule has 2 N–H and O–H groups in total. The van der Waals surface area contributed by atoms with Gasteiger partial charge in [0.25, 0.3) is 0 Å². The van der Waals surface area contributed by atoms with Crippen LogP contribution in [0.2, 0.25) is 0 Å². The molecule has 0 amide bonds. The summed E-state index contributed by atoms with van der Waals surface area (Å²) in [7, 11) is 0. The minimum Gasteiger partial charge on any atom is -0.368 e. The number of aromatic nitrogens is 3. The molecule has 1 fully saturated rings. The van der Waals surface area contributed by atoms with Crippen molar-refractivity contribution in [2.24, 2.45) is 5.73 Å². The predicted molar refractivity (Wildman–Crippen MR) is 94.2 cm³/mol. The predicted octanol–water partition coefficient (Wildman–Crippen LogP) is 2.28. The first-order valence-corrected chi connectivity index (χ1v) is 8.65. The van der Waals surface area contributed by atoms with Gasteiger partial charge in [0.1, 0.15) is 11.1 Å². The van der Waals surface area contributed by atoms with Crippen LogP contribution in [-0.4, -0.2) is 39.7 Å². The number of nitrogens with two attached hydrogens (primary N) is 1. The van der Waals surface area contributed by atoms with Gasteiger partial charge in [0.2, 0.25) is 5.89 Å². The maximum atomic E-state index is 5.91. The highest BCUT2D eigenvalue weighted by Gasteiger charge is 2.27. The zero-order valence-electron chi connectivity index (χ0n) is 14.2. The van der Waals surface area contributed by atoms with E-state index in [1.807, 2.05) is 0 Å². The Morgan fingerprint density at radius 2 is 2.17 bits per heavy atom. The molecule has 1 unspecified atom stereocenters. The van der Waals surface area contributed by atoms with Gasteiger partial charge in [-0.25, -0.2) is 4.98 Å². The molecule has 0 spiro atoms. The minimum absolute atomic E-state index is 0. The zero-order valence-corrected chi connectivity index (χ0v) is 15.8. The Balaban J connectivity index is 0.00000208. The second-order valence-electron chi connectivity index (χ2n) is 6.72. The molecule has 24 heavy (non-hydrogen) atoms. The van der Waals surface area contributed by atoms with Gasteiger partial charge in [0, 0.05) is 23.9 Å². The highest BCUT2D eigenvalue weighted by molar-refractivity contribution is 7.09. The van der Waals surface area contributed by atoms with Gasteiger partial charge in [-0.3, -0.25) is 4.90 Å². The molecule has 0 aliphatic carbocycles. The second kappa shape index (κ2) is 7.88. The SMILES string of the molecule is CC(C)(C)c1csc(C2CN(Cc3noc(CN)n3)CCO2)n1.Cl. The summed E-state index contributed by atoms with van der Waals surface area (Å²) in [5.41, 5.74) is 6.67. The molecule has 0 aromatic carbocycles. The van der Waals surface area contributed by atoms with E-state index < -0.39 is 0 Å². The lowest BCUT2D eigenvalue weighted by Gasteiger charge is -2.31. The van der Waals surface area contributed by atoms with Gasteiger partial charge in [-0.2, -0.15) is 4.98 Å². The van der Waals surface area contributed by atoms with E-state index in [4.69, 9.17) is 20.0 Å². The van der Waals surface area contributed by atoms with Crippen LogP contribution in [0, 0.1) is 0 Å². The molecule has 1 saturated heterocycles. The molecule has 2 aromatic heterocycles. The van der Waals surface area contributed by atoms with E-state index in [2.05, 4.69) is 41.2 Å². The molecule has 1 aliphatic rings. The normalized spacial score (nSPS) is 19.2. The maximum absolute atomic E-state index is 5.91. The first kappa shape index (κ1) is 19.3. The van der Waals surface area contributed by atoms with Crippen molar-refractivity contribution in [2.75, 3.05) is 19.7 Å². The van der Waals surface area contributed by atoms with Crippen molar-refractivity contribution in [2.45, 2.75) is 45.4 Å². The molecule has 2 aromatic rings. The van der Waals surface area contributed by atoms with Crippen LogP contribution in [0.1, 0.15) is 49.3 Å². The fraction of sp³-hybridized carbons (Fsp3) is 0.667. The third kappa shape index (κ3) is 4.52. The highest BCUT2D eigenvalue weighted by atomic mass is 35.5. The van der Waals surface area contributed by atoms with Gasteiger partial charge >= 0.3 is 0 Å². The average Bonchev–Trinajstić information content (AvgIpc) is 3.16. The molecule has 9 heteroatoms. The van der Waals surface area contributed by atoms with E-state index in [0.29, 0.717) is 24.9 Å². The molecule has 134 valence electrons. The van der Waals surface area contributed by atoms with E-state index >= 15 is 0 Å². The van der Waals surface area contributed by atoms with Crippen LogP contribution in [0.3, 0.4) is 0 Å². The average molecular weight is 374 g/mol. The Kier molecular flexibility index (Phi) is 6.33. The van der Waals surface area contributed by atoms with E-state index in [9.17, 15) is 0 Å². The van der Waals surface area contributed by atoms with Crippen LogP contribution < -0.4 is 5.73 Å². The highest BCUT2D eigenvalue weighted by Crippen LogP contribution is 2.30. The van der Waals surface area contributed by atoms with Crippen LogP contribution in [0.15, 0.2) is 9.90 Å². The smallest absolute Gasteiger partial charge is 0.240 e. The molecular weight excluding hydrogens is 350 g/mol. The number of morpholine rings is 1. The summed E-state index contributed by atoms with van der Waals surface area (Å²) >= 11 is 1.67. The summed E-state index contributed by atoms with van der Waals surface area (Å²) in [5, 5.41) is 7.12. The van der Waals surface area contributed by atoms with Crippen LogP contribution in [-0.2, 0) is 23.2 Å². The van der Waals surface area contributed by atoms with Crippen molar-refractivity contribution >= 4 is 23.7 Å². The Morgan fingerprint density at radius 3 is 2.79 bits per heavy atom. The van der Waals surface area contributed by atoms with Gasteiger partial charge in [-0.1, -0.05) is 25.9 Å². The lowest BCUT2D eigenvalue weighted by molar-refractivity contribution is -0.0340. The van der Waals surface area contributed by atoms with E-state index in [0.717, 1.165) is 23.8 Å². The van der Waals surface area contributed by atoms with Crippen LogP contribution in [0.4, 0.5) is 0 Å². The molecule has 0 saturated carbocycles. The van der Waals surface area contributed by atoms with Crippen molar-refractivity contribution in [3.8, 4) is 0 Å². The first-order chi connectivity index (χ1) is 11.0. The Labute approximate surface area is 152 Å². The summed E-state index contributed by atoms with van der Waals surface area (Å²) < 4.78 is 11.0. The molecular formula is C15H24ClN5O2S. The number of thiazole rings is 1. The molecule has 1 aliphatic heterocycles. The summed E-state index contributed by atoms with van der Waals surface area (Å²) in [5.74, 6) is 1.14. The number of rotatable bonds is 4. The Bertz CT molecular complexity index is 654. The first-order valence-electron chi connectivity index (χ1n) is 7.77. The topological polar surface area (TPSA) is 90.3 Å². The summed E-state index contributed by atoms with van der Waals surface area (Å²) in [6.45, 7) is 9.73. The van der Waals surface area contributed by atoms with Gasteiger partial charge < -0.3 is 15.0 Å². The standard InChI is InChI=1S/C15H23N5O2S.ClH/c1-15(2,3)11-9-23-14(17-11)10-7-20(4-5-21-10)8-12-18-13(6-16)22-19-12;/h9-10H,4-8,16H2,1-3H3;1H. The van der Waals surface area contributed by atoms with Crippen molar-refractivity contribution in [1.82, 2.24) is 20.0 Å². The monoisotopic (exact) mass is 373 g/mol. The van der Waals surface area contributed by atoms with Crippen LogP contribution in [0.5, 0.6) is 0 Å². The van der Waals surface area contributed by atoms with Crippen LogP contribution >= 0.6 is 23.7 Å². The zero-order chi connectivity index (χ0) is 16.4. The Hall–Kier alpha value is -1.06.